The van der Waals surface area contributed by atoms with Crippen LogP contribution in [0.4, 0.5) is 0 Å². The molecule has 1 amide bonds. The molecule has 0 aliphatic carbocycles. The summed E-state index contributed by atoms with van der Waals surface area (Å²) in [6.07, 6.45) is 1.21. The lowest BCUT2D eigenvalue weighted by atomic mass is 10.1. The Bertz CT molecular complexity index is 364. The molecule has 16 heavy (non-hydrogen) atoms. The third-order valence-corrected chi connectivity index (χ3v) is 2.36. The van der Waals surface area contributed by atoms with E-state index in [1.807, 2.05) is 25.1 Å². The average Bonchev–Trinajstić information content (AvgIpc) is 2.27. The van der Waals surface area contributed by atoms with E-state index in [0.717, 1.165) is 23.3 Å². The molecule has 1 rings (SSSR count). The lowest BCUT2D eigenvalue weighted by Crippen LogP contribution is -2.34. The topological polar surface area (TPSA) is 50.4 Å². The Kier molecular flexibility index (Phi) is 4.79. The van der Waals surface area contributed by atoms with Gasteiger partial charge in [-0.25, -0.2) is 5.43 Å². The van der Waals surface area contributed by atoms with Crippen molar-refractivity contribution in [2.45, 2.75) is 19.8 Å². The number of rotatable bonds is 5. The number of carbonyl (C=O) groups is 1. The highest BCUT2D eigenvalue weighted by Crippen LogP contribution is 2.19. The first-order chi connectivity index (χ1) is 7.67. The normalized spacial score (nSPS) is 9.94. The minimum Gasteiger partial charge on any atom is -0.496 e. The number of hydrogen-bond donors (Lipinski definition) is 2. The molecule has 0 aliphatic heterocycles. The summed E-state index contributed by atoms with van der Waals surface area (Å²) in [6, 6.07) is 5.96. The van der Waals surface area contributed by atoms with Crippen molar-refractivity contribution in [3.63, 3.8) is 0 Å². The van der Waals surface area contributed by atoms with Gasteiger partial charge in [-0.1, -0.05) is 12.1 Å². The van der Waals surface area contributed by atoms with E-state index in [-0.39, 0.29) is 5.91 Å². The second-order valence-corrected chi connectivity index (χ2v) is 3.60. The van der Waals surface area contributed by atoms with Crippen molar-refractivity contribution in [2.75, 3.05) is 14.2 Å². The number of carbonyl (C=O) groups excluding carboxylic acids is 1. The van der Waals surface area contributed by atoms with E-state index in [1.165, 1.54) is 0 Å². The van der Waals surface area contributed by atoms with Crippen LogP contribution in [0.25, 0.3) is 0 Å². The first-order valence-corrected chi connectivity index (χ1v) is 5.26. The molecule has 0 saturated heterocycles. The zero-order valence-corrected chi connectivity index (χ0v) is 9.96. The highest BCUT2D eigenvalue weighted by molar-refractivity contribution is 5.75. The van der Waals surface area contributed by atoms with E-state index >= 15 is 0 Å². The van der Waals surface area contributed by atoms with Gasteiger partial charge < -0.3 is 4.74 Å². The molecule has 2 N–H and O–H groups in total. The van der Waals surface area contributed by atoms with Gasteiger partial charge in [-0.2, -0.15) is 0 Å². The molecule has 0 aliphatic rings. The summed E-state index contributed by atoms with van der Waals surface area (Å²) in [7, 11) is 3.33. The molecular weight excluding hydrogens is 204 g/mol. The van der Waals surface area contributed by atoms with Crippen molar-refractivity contribution >= 4 is 5.91 Å². The van der Waals surface area contributed by atoms with Crippen LogP contribution in [0.2, 0.25) is 0 Å². The van der Waals surface area contributed by atoms with Crippen LogP contribution in [0.5, 0.6) is 5.75 Å². The minimum atomic E-state index is -0.00373. The van der Waals surface area contributed by atoms with Crippen LogP contribution in [-0.4, -0.2) is 20.1 Å². The monoisotopic (exact) mass is 222 g/mol. The van der Waals surface area contributed by atoms with Crippen molar-refractivity contribution in [2.24, 2.45) is 0 Å². The van der Waals surface area contributed by atoms with Crippen LogP contribution in [0.1, 0.15) is 17.5 Å². The van der Waals surface area contributed by atoms with Gasteiger partial charge in [-0.3, -0.25) is 10.2 Å². The van der Waals surface area contributed by atoms with Crippen molar-refractivity contribution < 1.29 is 9.53 Å². The molecular formula is C12H18N2O2. The van der Waals surface area contributed by atoms with Crippen molar-refractivity contribution in [1.82, 2.24) is 10.9 Å². The van der Waals surface area contributed by atoms with Crippen LogP contribution in [-0.2, 0) is 11.2 Å². The maximum Gasteiger partial charge on any atom is 0.234 e. The highest BCUT2D eigenvalue weighted by Gasteiger charge is 2.03. The molecule has 0 spiro atoms. The third-order valence-electron chi connectivity index (χ3n) is 2.36. The van der Waals surface area contributed by atoms with Crippen LogP contribution in [0, 0.1) is 6.92 Å². The summed E-state index contributed by atoms with van der Waals surface area (Å²) in [6.45, 7) is 2.00. The summed E-state index contributed by atoms with van der Waals surface area (Å²) in [5.74, 6) is 0.874. The first-order valence-electron chi connectivity index (χ1n) is 5.26. The molecule has 0 atom stereocenters. The summed E-state index contributed by atoms with van der Waals surface area (Å²) in [5, 5.41) is 0. The molecule has 0 saturated carbocycles. The van der Waals surface area contributed by atoms with Gasteiger partial charge in [0.15, 0.2) is 0 Å². The van der Waals surface area contributed by atoms with Crippen LogP contribution < -0.4 is 15.6 Å². The summed E-state index contributed by atoms with van der Waals surface area (Å²) < 4.78 is 5.17. The fraction of sp³-hybridized carbons (Fsp3) is 0.417. The van der Waals surface area contributed by atoms with E-state index in [0.29, 0.717) is 6.42 Å². The van der Waals surface area contributed by atoms with Gasteiger partial charge in [0.1, 0.15) is 5.75 Å². The Balaban J connectivity index is 2.55. The van der Waals surface area contributed by atoms with Crippen molar-refractivity contribution in [3.05, 3.63) is 29.3 Å². The third kappa shape index (κ3) is 3.55. The van der Waals surface area contributed by atoms with E-state index < -0.39 is 0 Å². The Labute approximate surface area is 96.0 Å². The van der Waals surface area contributed by atoms with Gasteiger partial charge in [0.2, 0.25) is 5.91 Å². The van der Waals surface area contributed by atoms with Gasteiger partial charge in [0, 0.05) is 13.5 Å². The van der Waals surface area contributed by atoms with Crippen molar-refractivity contribution in [3.8, 4) is 5.75 Å². The van der Waals surface area contributed by atoms with E-state index in [9.17, 15) is 4.79 Å². The summed E-state index contributed by atoms with van der Waals surface area (Å²) >= 11 is 0. The maximum atomic E-state index is 11.2. The summed E-state index contributed by atoms with van der Waals surface area (Å²) in [5.41, 5.74) is 7.39. The standard InChI is InChI=1S/C12H18N2O2/c1-9-8-10(4-6-11(9)16-3)5-7-12(15)14-13-2/h4,6,8,13H,5,7H2,1-3H3,(H,14,15). The number of ether oxygens (including phenoxy) is 1. The minimum absolute atomic E-state index is 0.00373. The molecule has 1 aromatic carbocycles. The zero-order valence-electron chi connectivity index (χ0n) is 9.96. The number of benzene rings is 1. The zero-order chi connectivity index (χ0) is 12.0. The Morgan fingerprint density at radius 1 is 1.44 bits per heavy atom. The van der Waals surface area contributed by atoms with Gasteiger partial charge in [-0.05, 0) is 30.5 Å². The molecule has 0 fully saturated rings. The fourth-order valence-electron chi connectivity index (χ4n) is 1.56. The lowest BCUT2D eigenvalue weighted by Gasteiger charge is -2.07. The Morgan fingerprint density at radius 3 is 2.75 bits per heavy atom. The number of nitrogens with one attached hydrogen (secondary N) is 2. The largest absolute Gasteiger partial charge is 0.496 e. The number of amides is 1. The van der Waals surface area contributed by atoms with Gasteiger partial charge >= 0.3 is 0 Å². The van der Waals surface area contributed by atoms with E-state index in [1.54, 1.807) is 14.2 Å². The molecule has 88 valence electrons. The molecule has 0 radical (unpaired) electrons. The molecule has 4 heteroatoms. The number of aryl methyl sites for hydroxylation is 2. The quantitative estimate of drug-likeness (QED) is 0.736. The predicted octanol–water partition coefficient (Wildman–Crippen LogP) is 1.19. The van der Waals surface area contributed by atoms with E-state index in [2.05, 4.69) is 10.9 Å². The SMILES string of the molecule is CNNC(=O)CCc1ccc(OC)c(C)c1. The highest BCUT2D eigenvalue weighted by atomic mass is 16.5. The Hall–Kier alpha value is -1.55. The molecule has 0 bridgehead atoms. The molecule has 0 heterocycles. The van der Waals surface area contributed by atoms with Crippen LogP contribution in [0.15, 0.2) is 18.2 Å². The number of methoxy groups -OCH3 is 1. The summed E-state index contributed by atoms with van der Waals surface area (Å²) in [4.78, 5) is 11.2. The van der Waals surface area contributed by atoms with Gasteiger partial charge in [0.25, 0.3) is 0 Å². The molecule has 0 aromatic heterocycles. The fourth-order valence-corrected chi connectivity index (χ4v) is 1.56. The van der Waals surface area contributed by atoms with Crippen LogP contribution in [0.3, 0.4) is 0 Å². The molecule has 1 aromatic rings. The predicted molar refractivity (Wildman–Crippen MR) is 63.3 cm³/mol. The van der Waals surface area contributed by atoms with Crippen LogP contribution >= 0.6 is 0 Å². The molecule has 0 unspecified atom stereocenters. The number of hydrogen-bond acceptors (Lipinski definition) is 3. The second-order valence-electron chi connectivity index (χ2n) is 3.60. The Morgan fingerprint density at radius 2 is 2.19 bits per heavy atom. The first kappa shape index (κ1) is 12.5. The maximum absolute atomic E-state index is 11.2. The second kappa shape index (κ2) is 6.12. The van der Waals surface area contributed by atoms with Gasteiger partial charge in [-0.15, -0.1) is 0 Å². The lowest BCUT2D eigenvalue weighted by molar-refractivity contribution is -0.121. The van der Waals surface area contributed by atoms with E-state index in [4.69, 9.17) is 4.74 Å². The smallest absolute Gasteiger partial charge is 0.234 e. The van der Waals surface area contributed by atoms with Gasteiger partial charge in [0.05, 0.1) is 7.11 Å². The average molecular weight is 222 g/mol. The number of hydrazine groups is 1. The van der Waals surface area contributed by atoms with Crippen molar-refractivity contribution in [1.29, 1.82) is 0 Å². The molecule has 4 nitrogen and oxygen atoms in total.